The van der Waals surface area contributed by atoms with Gasteiger partial charge in [0.15, 0.2) is 0 Å². The molecule has 0 unspecified atom stereocenters. The van der Waals surface area contributed by atoms with Gasteiger partial charge in [0.1, 0.15) is 24.4 Å². The molecule has 1 aromatic carbocycles. The number of likely N-dealkylation sites (tertiary alicyclic amines) is 1. The van der Waals surface area contributed by atoms with Gasteiger partial charge in [0, 0.05) is 19.1 Å². The highest BCUT2D eigenvalue weighted by molar-refractivity contribution is 6.01. The lowest BCUT2D eigenvalue weighted by molar-refractivity contribution is -0.138. The van der Waals surface area contributed by atoms with Crippen LogP contribution in [0.5, 0.6) is 5.75 Å². The van der Waals surface area contributed by atoms with Crippen molar-refractivity contribution in [3.8, 4) is 5.75 Å². The van der Waals surface area contributed by atoms with Gasteiger partial charge >= 0.3 is 0 Å². The molecule has 3 aliphatic rings. The van der Waals surface area contributed by atoms with E-state index in [0.717, 1.165) is 38.8 Å². The van der Waals surface area contributed by atoms with E-state index in [1.54, 1.807) is 29.2 Å². The van der Waals surface area contributed by atoms with E-state index in [1.165, 1.54) is 0 Å². The second-order valence-electron chi connectivity index (χ2n) is 11.3. The molecular weight excluding hydrogens is 498 g/mol. The molecule has 0 spiro atoms. The topological polar surface area (TPSA) is 120 Å². The number of nitrogens with one attached hydrogen (secondary N) is 3. The molecule has 214 valence electrons. The summed E-state index contributed by atoms with van der Waals surface area (Å²) < 4.78 is 6.09. The molecule has 0 aliphatic carbocycles. The highest BCUT2D eigenvalue weighted by Crippen LogP contribution is 2.24. The minimum Gasteiger partial charge on any atom is -0.491 e. The van der Waals surface area contributed by atoms with Gasteiger partial charge in [-0.05, 0) is 63.2 Å². The molecule has 2 fully saturated rings. The Kier molecular flexibility index (Phi) is 9.83. The molecule has 39 heavy (non-hydrogen) atoms. The van der Waals surface area contributed by atoms with Crippen molar-refractivity contribution >= 4 is 23.6 Å². The highest BCUT2D eigenvalue weighted by Gasteiger charge is 2.36. The summed E-state index contributed by atoms with van der Waals surface area (Å²) in [6.45, 7) is 9.31. The Bertz CT molecular complexity index is 1050. The van der Waals surface area contributed by atoms with E-state index < -0.39 is 29.8 Å². The number of hydrogen-bond donors (Lipinski definition) is 3. The Labute approximate surface area is 231 Å². The number of ether oxygens (including phenoxy) is 1. The van der Waals surface area contributed by atoms with Crippen molar-refractivity contribution in [3.63, 3.8) is 0 Å². The zero-order chi connectivity index (χ0) is 27.9. The molecule has 0 aromatic heterocycles. The summed E-state index contributed by atoms with van der Waals surface area (Å²) in [7, 11) is 0. The minimum absolute atomic E-state index is 0.126. The summed E-state index contributed by atoms with van der Waals surface area (Å²) in [5.74, 6) is -0.905. The summed E-state index contributed by atoms with van der Waals surface area (Å²) in [5, 5.41) is 8.62. The summed E-state index contributed by atoms with van der Waals surface area (Å²) >= 11 is 0. The molecule has 0 bridgehead atoms. The number of likely N-dealkylation sites (N-methyl/N-ethyl adjacent to an activating group) is 1. The number of amides is 4. The van der Waals surface area contributed by atoms with E-state index in [9.17, 15) is 19.2 Å². The third-order valence-electron chi connectivity index (χ3n) is 7.99. The first kappa shape index (κ1) is 28.9. The molecule has 10 heteroatoms. The lowest BCUT2D eigenvalue weighted by atomic mass is 10.0. The SMILES string of the molecule is CCN1CCC[C@H]1CNC(=O)[C@@H]1CC(=O)N[C@@H](CC(C)C)C(=O)N2CCC[C@@H]2COc2ccccc2C(=O)N1. The first-order valence-corrected chi connectivity index (χ1v) is 14.4. The number of benzene rings is 1. The maximum atomic E-state index is 13.6. The van der Waals surface area contributed by atoms with Crippen LogP contribution in [0.2, 0.25) is 0 Å². The Morgan fingerprint density at radius 2 is 1.87 bits per heavy atom. The average molecular weight is 542 g/mol. The largest absolute Gasteiger partial charge is 0.491 e. The third-order valence-corrected chi connectivity index (χ3v) is 7.99. The predicted octanol–water partition coefficient (Wildman–Crippen LogP) is 1.69. The van der Waals surface area contributed by atoms with Crippen LogP contribution in [0.4, 0.5) is 0 Å². The number of carbonyl (C=O) groups is 4. The molecule has 4 amide bonds. The molecule has 3 N–H and O–H groups in total. The predicted molar refractivity (Wildman–Crippen MR) is 147 cm³/mol. The van der Waals surface area contributed by atoms with Crippen LogP contribution in [0.1, 0.15) is 69.7 Å². The third kappa shape index (κ3) is 7.29. The number of para-hydroxylation sites is 1. The summed E-state index contributed by atoms with van der Waals surface area (Å²) in [5.41, 5.74) is 0.286. The van der Waals surface area contributed by atoms with Gasteiger partial charge in [-0.2, -0.15) is 0 Å². The second-order valence-corrected chi connectivity index (χ2v) is 11.3. The Morgan fingerprint density at radius 1 is 1.10 bits per heavy atom. The lowest BCUT2D eigenvalue weighted by Gasteiger charge is -2.31. The normalized spacial score (nSPS) is 26.8. The molecule has 2 saturated heterocycles. The number of hydrogen-bond acceptors (Lipinski definition) is 6. The van der Waals surface area contributed by atoms with Crippen molar-refractivity contribution in [2.75, 3.05) is 32.8 Å². The molecular formula is C29H43N5O5. The van der Waals surface area contributed by atoms with Crippen LogP contribution in [0.3, 0.4) is 0 Å². The van der Waals surface area contributed by atoms with E-state index in [1.807, 2.05) is 13.8 Å². The van der Waals surface area contributed by atoms with Crippen LogP contribution in [0.25, 0.3) is 0 Å². The van der Waals surface area contributed by atoms with Gasteiger partial charge < -0.3 is 25.6 Å². The van der Waals surface area contributed by atoms with Crippen LogP contribution in [0, 0.1) is 5.92 Å². The van der Waals surface area contributed by atoms with Crippen molar-refractivity contribution in [1.29, 1.82) is 0 Å². The van der Waals surface area contributed by atoms with Gasteiger partial charge in [-0.25, -0.2) is 0 Å². The van der Waals surface area contributed by atoms with Crippen molar-refractivity contribution in [3.05, 3.63) is 29.8 Å². The van der Waals surface area contributed by atoms with E-state index in [0.29, 0.717) is 25.3 Å². The fraction of sp³-hybridized carbons (Fsp3) is 0.655. The number of carbonyl (C=O) groups excluding carboxylic acids is 4. The molecule has 0 saturated carbocycles. The van der Waals surface area contributed by atoms with Crippen LogP contribution in [0.15, 0.2) is 24.3 Å². The van der Waals surface area contributed by atoms with Gasteiger partial charge in [-0.1, -0.05) is 32.9 Å². The van der Waals surface area contributed by atoms with Crippen molar-refractivity contribution in [2.45, 2.75) is 83.5 Å². The van der Waals surface area contributed by atoms with Crippen LogP contribution in [-0.4, -0.2) is 90.4 Å². The highest BCUT2D eigenvalue weighted by atomic mass is 16.5. The lowest BCUT2D eigenvalue weighted by Crippen LogP contribution is -2.55. The molecule has 4 rings (SSSR count). The Balaban J connectivity index is 1.58. The standard InChI is InChI=1S/C29H43N5O5/c1-4-33-13-7-9-20(33)17-30-28(37)23-16-26(35)31-24(15-19(2)3)29(38)34-14-8-10-21(34)18-39-25-12-6-5-11-22(25)27(36)32-23/h5-6,11-12,19-21,23-24H,4,7-10,13-18H2,1-3H3,(H,30,37)(H,31,35)(H,32,36)/t20-,21+,23-,24-/m0/s1. The summed E-state index contributed by atoms with van der Waals surface area (Å²) in [4.78, 5) is 57.7. The molecule has 3 heterocycles. The van der Waals surface area contributed by atoms with Gasteiger partial charge in [0.25, 0.3) is 5.91 Å². The molecule has 10 nitrogen and oxygen atoms in total. The monoisotopic (exact) mass is 541 g/mol. The minimum atomic E-state index is -1.10. The fourth-order valence-electron chi connectivity index (χ4n) is 5.93. The van der Waals surface area contributed by atoms with Gasteiger partial charge in [-0.3, -0.25) is 24.1 Å². The maximum Gasteiger partial charge on any atom is 0.255 e. The van der Waals surface area contributed by atoms with Crippen LogP contribution in [-0.2, 0) is 14.4 Å². The molecule has 1 aromatic rings. The van der Waals surface area contributed by atoms with Crippen molar-refractivity contribution in [1.82, 2.24) is 25.8 Å². The van der Waals surface area contributed by atoms with E-state index >= 15 is 0 Å². The zero-order valence-electron chi connectivity index (χ0n) is 23.4. The van der Waals surface area contributed by atoms with Crippen LogP contribution >= 0.6 is 0 Å². The smallest absolute Gasteiger partial charge is 0.255 e. The zero-order valence-corrected chi connectivity index (χ0v) is 23.4. The van der Waals surface area contributed by atoms with Gasteiger partial charge in [-0.15, -0.1) is 0 Å². The van der Waals surface area contributed by atoms with Crippen molar-refractivity contribution in [2.24, 2.45) is 5.92 Å². The Morgan fingerprint density at radius 3 is 2.64 bits per heavy atom. The summed E-state index contributed by atoms with van der Waals surface area (Å²) in [6.07, 6.45) is 3.93. The average Bonchev–Trinajstić information content (AvgIpc) is 3.58. The summed E-state index contributed by atoms with van der Waals surface area (Å²) in [6, 6.07) is 5.16. The van der Waals surface area contributed by atoms with E-state index in [-0.39, 0.29) is 42.5 Å². The van der Waals surface area contributed by atoms with E-state index in [2.05, 4.69) is 27.8 Å². The fourth-order valence-corrected chi connectivity index (χ4v) is 5.93. The Hall–Kier alpha value is -3.14. The van der Waals surface area contributed by atoms with Crippen molar-refractivity contribution < 1.29 is 23.9 Å². The van der Waals surface area contributed by atoms with Crippen LogP contribution < -0.4 is 20.7 Å². The van der Waals surface area contributed by atoms with Gasteiger partial charge in [0.2, 0.25) is 17.7 Å². The number of rotatable bonds is 6. The number of nitrogens with zero attached hydrogens (tertiary/aromatic N) is 2. The molecule has 0 radical (unpaired) electrons. The van der Waals surface area contributed by atoms with E-state index in [4.69, 9.17) is 4.74 Å². The second kappa shape index (κ2) is 13.3. The van der Waals surface area contributed by atoms with Gasteiger partial charge in [0.05, 0.1) is 18.0 Å². The first-order chi connectivity index (χ1) is 18.8. The molecule has 3 aliphatic heterocycles. The number of fused-ring (bicyclic) bond motifs is 2. The molecule has 4 atom stereocenters. The first-order valence-electron chi connectivity index (χ1n) is 14.4. The maximum absolute atomic E-state index is 13.6. The quantitative estimate of drug-likeness (QED) is 0.504.